The van der Waals surface area contributed by atoms with Gasteiger partial charge in [-0.1, -0.05) is 13.8 Å². The molecule has 1 aliphatic rings. The molecule has 74 valence electrons. The lowest BCUT2D eigenvalue weighted by molar-refractivity contribution is -0.141. The summed E-state index contributed by atoms with van der Waals surface area (Å²) < 4.78 is 0. The first-order chi connectivity index (χ1) is 6.02. The molecule has 1 rings (SSSR count). The summed E-state index contributed by atoms with van der Waals surface area (Å²) in [5.74, 6) is -0.796. The van der Waals surface area contributed by atoms with Crippen molar-refractivity contribution in [2.75, 3.05) is 0 Å². The molecule has 0 amide bonds. The van der Waals surface area contributed by atoms with Crippen molar-refractivity contribution in [2.24, 2.45) is 17.8 Å². The van der Waals surface area contributed by atoms with Gasteiger partial charge in [-0.05, 0) is 19.3 Å². The Kier molecular flexibility index (Phi) is 3.07. The van der Waals surface area contributed by atoms with E-state index in [9.17, 15) is 9.59 Å². The number of carbonyl (C=O) groups is 2. The minimum absolute atomic E-state index is 0.0846. The van der Waals surface area contributed by atoms with Crippen molar-refractivity contribution in [1.29, 1.82) is 0 Å². The molecule has 0 aromatic rings. The fourth-order valence-corrected chi connectivity index (χ4v) is 1.52. The molecule has 2 unspecified atom stereocenters. The molecule has 1 N–H and O–H groups in total. The lowest BCUT2D eigenvalue weighted by Crippen LogP contribution is -2.20. The van der Waals surface area contributed by atoms with Crippen molar-refractivity contribution in [3.05, 3.63) is 0 Å². The lowest BCUT2D eigenvalue weighted by atomic mass is 9.92. The number of carboxylic acids is 1. The molecular weight excluding hydrogens is 168 g/mol. The molecule has 0 bridgehead atoms. The molecule has 2 atom stereocenters. The largest absolute Gasteiger partial charge is 0.481 e. The van der Waals surface area contributed by atoms with E-state index in [1.807, 2.05) is 6.92 Å². The topological polar surface area (TPSA) is 54.4 Å². The minimum Gasteiger partial charge on any atom is -0.481 e. The summed E-state index contributed by atoms with van der Waals surface area (Å²) in [7, 11) is 0. The van der Waals surface area contributed by atoms with Crippen molar-refractivity contribution in [1.82, 2.24) is 0 Å². The third-order valence-corrected chi connectivity index (χ3v) is 2.59. The molecule has 0 radical (unpaired) electrons. The van der Waals surface area contributed by atoms with Gasteiger partial charge in [-0.3, -0.25) is 9.59 Å². The van der Waals surface area contributed by atoms with Gasteiger partial charge in [-0.25, -0.2) is 0 Å². The summed E-state index contributed by atoms with van der Waals surface area (Å²) in [6, 6.07) is 0. The summed E-state index contributed by atoms with van der Waals surface area (Å²) in [5, 5.41) is 8.66. The van der Waals surface area contributed by atoms with Gasteiger partial charge < -0.3 is 5.11 Å². The summed E-state index contributed by atoms with van der Waals surface area (Å²) in [4.78, 5) is 22.0. The number of rotatable bonds is 5. The van der Waals surface area contributed by atoms with Gasteiger partial charge in [-0.15, -0.1) is 0 Å². The van der Waals surface area contributed by atoms with E-state index >= 15 is 0 Å². The van der Waals surface area contributed by atoms with E-state index in [2.05, 4.69) is 0 Å². The number of aliphatic carboxylic acids is 1. The van der Waals surface area contributed by atoms with E-state index in [0.717, 1.165) is 12.8 Å². The van der Waals surface area contributed by atoms with Crippen LogP contribution in [0.15, 0.2) is 0 Å². The highest BCUT2D eigenvalue weighted by atomic mass is 16.4. The Morgan fingerprint density at radius 1 is 1.31 bits per heavy atom. The van der Waals surface area contributed by atoms with Crippen molar-refractivity contribution in [3.8, 4) is 0 Å². The van der Waals surface area contributed by atoms with Gasteiger partial charge in [0, 0.05) is 11.8 Å². The molecule has 0 aromatic carbocycles. The van der Waals surface area contributed by atoms with E-state index in [0.29, 0.717) is 6.42 Å². The van der Waals surface area contributed by atoms with Gasteiger partial charge in [0.15, 0.2) is 0 Å². The monoisotopic (exact) mass is 184 g/mol. The number of Topliss-reactive ketones (excluding diaryl/α,β-unsaturated/α-hetero) is 1. The van der Waals surface area contributed by atoms with Gasteiger partial charge in [0.2, 0.25) is 0 Å². The summed E-state index contributed by atoms with van der Waals surface area (Å²) in [5.41, 5.74) is 0. The van der Waals surface area contributed by atoms with Gasteiger partial charge in [0.1, 0.15) is 5.78 Å². The third-order valence-electron chi connectivity index (χ3n) is 2.59. The zero-order valence-electron chi connectivity index (χ0n) is 8.12. The number of carbonyl (C=O) groups excluding carboxylic acids is 1. The fraction of sp³-hybridized carbons (Fsp3) is 0.800. The maximum atomic E-state index is 11.5. The van der Waals surface area contributed by atoms with Crippen LogP contribution in [0.2, 0.25) is 0 Å². The molecule has 1 aliphatic carbocycles. The Morgan fingerprint density at radius 2 is 1.85 bits per heavy atom. The predicted molar refractivity (Wildman–Crippen MR) is 48.3 cm³/mol. The highest BCUT2D eigenvalue weighted by molar-refractivity contribution is 5.85. The first-order valence-corrected chi connectivity index (χ1v) is 4.79. The average Bonchev–Trinajstić information content (AvgIpc) is 2.85. The number of ketones is 1. The second-order valence-corrected chi connectivity index (χ2v) is 4.05. The summed E-state index contributed by atoms with van der Waals surface area (Å²) >= 11 is 0. The number of carboxylic acid groups (broad SMARTS) is 1. The van der Waals surface area contributed by atoms with Crippen molar-refractivity contribution in [2.45, 2.75) is 33.1 Å². The Labute approximate surface area is 78.1 Å². The van der Waals surface area contributed by atoms with Gasteiger partial charge >= 0.3 is 5.97 Å². The summed E-state index contributed by atoms with van der Waals surface area (Å²) in [6.45, 7) is 3.49. The Hall–Kier alpha value is -0.860. The normalized spacial score (nSPS) is 20.8. The zero-order chi connectivity index (χ0) is 10.0. The maximum Gasteiger partial charge on any atom is 0.306 e. The standard InChI is InChI=1S/C10H16O3/c1-6(5-7(2)10(12)13)9(11)8-3-4-8/h6-8H,3-5H2,1-2H3,(H,12,13). The van der Waals surface area contributed by atoms with Crippen molar-refractivity contribution < 1.29 is 14.7 Å². The smallest absolute Gasteiger partial charge is 0.306 e. The third kappa shape index (κ3) is 2.83. The molecule has 0 heterocycles. The van der Waals surface area contributed by atoms with Crippen LogP contribution in [0.4, 0.5) is 0 Å². The van der Waals surface area contributed by atoms with Crippen LogP contribution in [-0.2, 0) is 9.59 Å². The molecule has 1 saturated carbocycles. The van der Waals surface area contributed by atoms with Crippen LogP contribution in [0.5, 0.6) is 0 Å². The molecular formula is C10H16O3. The van der Waals surface area contributed by atoms with Crippen LogP contribution < -0.4 is 0 Å². The molecule has 1 fully saturated rings. The van der Waals surface area contributed by atoms with Crippen LogP contribution in [0.3, 0.4) is 0 Å². The van der Waals surface area contributed by atoms with Crippen LogP contribution in [-0.4, -0.2) is 16.9 Å². The van der Waals surface area contributed by atoms with Crippen LogP contribution in [0, 0.1) is 17.8 Å². The predicted octanol–water partition coefficient (Wildman–Crippen LogP) is 1.71. The average molecular weight is 184 g/mol. The van der Waals surface area contributed by atoms with Crippen molar-refractivity contribution in [3.63, 3.8) is 0 Å². The van der Waals surface area contributed by atoms with Crippen molar-refractivity contribution >= 4 is 11.8 Å². The second-order valence-electron chi connectivity index (χ2n) is 4.05. The molecule has 0 aromatic heterocycles. The van der Waals surface area contributed by atoms with E-state index in [-0.39, 0.29) is 17.6 Å². The fourth-order valence-electron chi connectivity index (χ4n) is 1.52. The number of hydrogen-bond acceptors (Lipinski definition) is 2. The van der Waals surface area contributed by atoms with E-state index in [4.69, 9.17) is 5.11 Å². The van der Waals surface area contributed by atoms with Gasteiger partial charge in [0.25, 0.3) is 0 Å². The van der Waals surface area contributed by atoms with Gasteiger partial charge in [0.05, 0.1) is 5.92 Å². The summed E-state index contributed by atoms with van der Waals surface area (Å²) in [6.07, 6.45) is 2.49. The SMILES string of the molecule is CC(CC(C)C(=O)C1CC1)C(=O)O. The molecule has 3 nitrogen and oxygen atoms in total. The van der Waals surface area contributed by atoms with Crippen LogP contribution in [0.25, 0.3) is 0 Å². The van der Waals surface area contributed by atoms with Crippen LogP contribution in [0.1, 0.15) is 33.1 Å². The second kappa shape index (κ2) is 3.90. The molecule has 0 aliphatic heterocycles. The maximum absolute atomic E-state index is 11.5. The molecule has 13 heavy (non-hydrogen) atoms. The van der Waals surface area contributed by atoms with Gasteiger partial charge in [-0.2, -0.15) is 0 Å². The molecule has 0 spiro atoms. The highest BCUT2D eigenvalue weighted by Gasteiger charge is 2.33. The number of hydrogen-bond donors (Lipinski definition) is 1. The zero-order valence-corrected chi connectivity index (χ0v) is 8.12. The Balaban J connectivity index is 2.34. The van der Waals surface area contributed by atoms with E-state index in [1.54, 1.807) is 6.92 Å². The molecule has 0 saturated heterocycles. The minimum atomic E-state index is -0.810. The first-order valence-electron chi connectivity index (χ1n) is 4.79. The highest BCUT2D eigenvalue weighted by Crippen LogP contribution is 2.33. The van der Waals surface area contributed by atoms with E-state index in [1.165, 1.54) is 0 Å². The lowest BCUT2D eigenvalue weighted by Gasteiger charge is -2.12. The van der Waals surface area contributed by atoms with E-state index < -0.39 is 11.9 Å². The molecule has 3 heteroatoms. The Morgan fingerprint density at radius 3 is 2.23 bits per heavy atom. The first kappa shape index (κ1) is 10.2. The van der Waals surface area contributed by atoms with Crippen LogP contribution >= 0.6 is 0 Å². The quantitative estimate of drug-likeness (QED) is 0.707. The Bertz CT molecular complexity index is 218.